The van der Waals surface area contributed by atoms with Crippen LogP contribution in [-0.4, -0.2) is 19.9 Å². The first-order valence-electron chi connectivity index (χ1n) is 5.68. The molecule has 0 unspecified atom stereocenters. The molecule has 0 saturated heterocycles. The zero-order chi connectivity index (χ0) is 12.9. The number of benzene rings is 1. The van der Waals surface area contributed by atoms with E-state index in [1.165, 1.54) is 0 Å². The third-order valence-electron chi connectivity index (χ3n) is 3.35. The SMILES string of the molecule is Cc1c(-c2cc(N)n[nH]2)c2cccc(O)c2n1C. The van der Waals surface area contributed by atoms with Gasteiger partial charge in [0.05, 0.1) is 11.2 Å². The monoisotopic (exact) mass is 242 g/mol. The first-order valence-corrected chi connectivity index (χ1v) is 5.68. The molecule has 2 heterocycles. The molecule has 2 aromatic heterocycles. The van der Waals surface area contributed by atoms with E-state index in [1.54, 1.807) is 12.1 Å². The van der Waals surface area contributed by atoms with Crippen molar-refractivity contribution in [1.29, 1.82) is 0 Å². The van der Waals surface area contributed by atoms with E-state index in [1.807, 2.05) is 30.7 Å². The van der Waals surface area contributed by atoms with Gasteiger partial charge in [-0.1, -0.05) is 12.1 Å². The fourth-order valence-electron chi connectivity index (χ4n) is 2.42. The molecule has 92 valence electrons. The van der Waals surface area contributed by atoms with Crippen LogP contribution in [0.4, 0.5) is 5.82 Å². The Labute approximate surface area is 104 Å². The second-order valence-electron chi connectivity index (χ2n) is 4.40. The Morgan fingerprint density at radius 2 is 2.17 bits per heavy atom. The Balaban J connectivity index is 2.43. The van der Waals surface area contributed by atoms with E-state index < -0.39 is 0 Å². The molecule has 0 aliphatic heterocycles. The third-order valence-corrected chi connectivity index (χ3v) is 3.35. The zero-order valence-electron chi connectivity index (χ0n) is 10.2. The summed E-state index contributed by atoms with van der Waals surface area (Å²) in [7, 11) is 1.93. The van der Waals surface area contributed by atoms with Gasteiger partial charge in [-0.2, -0.15) is 5.10 Å². The van der Waals surface area contributed by atoms with Crippen molar-refractivity contribution in [2.45, 2.75) is 6.92 Å². The minimum Gasteiger partial charge on any atom is -0.506 e. The highest BCUT2D eigenvalue weighted by molar-refractivity contribution is 6.00. The van der Waals surface area contributed by atoms with Crippen molar-refractivity contribution in [2.75, 3.05) is 5.73 Å². The number of nitrogens with zero attached hydrogens (tertiary/aromatic N) is 2. The van der Waals surface area contributed by atoms with Crippen LogP contribution in [-0.2, 0) is 7.05 Å². The molecule has 0 bridgehead atoms. The maximum Gasteiger partial charge on any atom is 0.145 e. The number of para-hydroxylation sites is 1. The lowest BCUT2D eigenvalue weighted by atomic mass is 10.1. The predicted octanol–water partition coefficient (Wildman–Crippen LogP) is 2.16. The van der Waals surface area contributed by atoms with Crippen molar-refractivity contribution in [3.05, 3.63) is 30.0 Å². The van der Waals surface area contributed by atoms with E-state index in [9.17, 15) is 5.11 Å². The van der Waals surface area contributed by atoms with Crippen LogP contribution in [0.1, 0.15) is 5.69 Å². The molecule has 4 N–H and O–H groups in total. The van der Waals surface area contributed by atoms with Gasteiger partial charge in [0.25, 0.3) is 0 Å². The average Bonchev–Trinajstić information content (AvgIpc) is 2.84. The Hall–Kier alpha value is -2.43. The molecule has 3 aromatic rings. The Kier molecular flexibility index (Phi) is 2.10. The van der Waals surface area contributed by atoms with E-state index in [2.05, 4.69) is 10.2 Å². The highest BCUT2D eigenvalue weighted by Gasteiger charge is 2.17. The van der Waals surface area contributed by atoms with Crippen molar-refractivity contribution in [1.82, 2.24) is 14.8 Å². The van der Waals surface area contributed by atoms with Crippen LogP contribution in [0.25, 0.3) is 22.2 Å². The van der Waals surface area contributed by atoms with Gasteiger partial charge < -0.3 is 15.4 Å². The summed E-state index contributed by atoms with van der Waals surface area (Å²) in [5, 5.41) is 17.8. The van der Waals surface area contributed by atoms with Crippen LogP contribution in [0.2, 0.25) is 0 Å². The topological polar surface area (TPSA) is 79.9 Å². The number of aromatic amines is 1. The summed E-state index contributed by atoms with van der Waals surface area (Å²) in [6.45, 7) is 2.01. The smallest absolute Gasteiger partial charge is 0.145 e. The first-order chi connectivity index (χ1) is 8.59. The normalized spacial score (nSPS) is 11.2. The number of hydrogen-bond donors (Lipinski definition) is 3. The summed E-state index contributed by atoms with van der Waals surface area (Å²) >= 11 is 0. The molecular weight excluding hydrogens is 228 g/mol. The molecule has 0 radical (unpaired) electrons. The van der Waals surface area contributed by atoms with Gasteiger partial charge in [-0.05, 0) is 13.0 Å². The number of anilines is 1. The average molecular weight is 242 g/mol. The number of aromatic nitrogens is 3. The third kappa shape index (κ3) is 1.30. The van der Waals surface area contributed by atoms with Crippen molar-refractivity contribution in [3.8, 4) is 17.0 Å². The fraction of sp³-hybridized carbons (Fsp3) is 0.154. The molecule has 1 aromatic carbocycles. The van der Waals surface area contributed by atoms with Crippen LogP contribution < -0.4 is 5.73 Å². The van der Waals surface area contributed by atoms with Crippen LogP contribution in [0.5, 0.6) is 5.75 Å². The largest absolute Gasteiger partial charge is 0.506 e. The number of H-pyrrole nitrogens is 1. The summed E-state index contributed by atoms with van der Waals surface area (Å²) in [6, 6.07) is 7.30. The van der Waals surface area contributed by atoms with E-state index in [0.717, 1.165) is 27.9 Å². The molecule has 3 rings (SSSR count). The second-order valence-corrected chi connectivity index (χ2v) is 4.40. The minimum absolute atomic E-state index is 0.275. The number of nitrogens with one attached hydrogen (secondary N) is 1. The quantitative estimate of drug-likeness (QED) is 0.611. The number of aryl methyl sites for hydroxylation is 1. The summed E-state index contributed by atoms with van der Waals surface area (Å²) in [5.41, 5.74) is 9.40. The molecule has 5 heteroatoms. The molecule has 0 fully saturated rings. The predicted molar refractivity (Wildman–Crippen MR) is 71.3 cm³/mol. The first kappa shape index (κ1) is 10.7. The zero-order valence-corrected chi connectivity index (χ0v) is 10.2. The maximum absolute atomic E-state index is 9.97. The number of hydrogen-bond acceptors (Lipinski definition) is 3. The number of phenolic OH excluding ortho intramolecular Hbond substituents is 1. The van der Waals surface area contributed by atoms with Crippen molar-refractivity contribution in [2.24, 2.45) is 7.05 Å². The molecule has 0 atom stereocenters. The Morgan fingerprint density at radius 3 is 2.83 bits per heavy atom. The van der Waals surface area contributed by atoms with Crippen LogP contribution >= 0.6 is 0 Å². The molecular formula is C13H14N4O. The summed E-state index contributed by atoms with van der Waals surface area (Å²) < 4.78 is 1.97. The summed E-state index contributed by atoms with van der Waals surface area (Å²) in [6.07, 6.45) is 0. The maximum atomic E-state index is 9.97. The second kappa shape index (κ2) is 3.53. The van der Waals surface area contributed by atoms with Crippen molar-refractivity contribution >= 4 is 16.7 Å². The number of nitrogens with two attached hydrogens (primary N) is 1. The fourth-order valence-corrected chi connectivity index (χ4v) is 2.42. The van der Waals surface area contributed by atoms with E-state index >= 15 is 0 Å². The van der Waals surface area contributed by atoms with Gasteiger partial charge in [-0.15, -0.1) is 0 Å². The van der Waals surface area contributed by atoms with E-state index in [4.69, 9.17) is 5.73 Å². The number of phenols is 1. The van der Waals surface area contributed by atoms with Gasteiger partial charge in [0.2, 0.25) is 0 Å². The molecule has 5 nitrogen and oxygen atoms in total. The van der Waals surface area contributed by atoms with E-state index in [-0.39, 0.29) is 5.75 Å². The Bertz CT molecular complexity index is 739. The lowest BCUT2D eigenvalue weighted by Gasteiger charge is -2.00. The van der Waals surface area contributed by atoms with Crippen molar-refractivity contribution < 1.29 is 5.11 Å². The van der Waals surface area contributed by atoms with Gasteiger partial charge in [-0.3, -0.25) is 5.10 Å². The van der Waals surface area contributed by atoms with Crippen LogP contribution in [0.15, 0.2) is 24.3 Å². The minimum atomic E-state index is 0.275. The molecule has 0 aliphatic rings. The van der Waals surface area contributed by atoms with E-state index in [0.29, 0.717) is 5.82 Å². The standard InChI is InChI=1S/C13H14N4O/c1-7-12(9-6-11(14)16-15-9)8-4-3-5-10(18)13(8)17(7)2/h3-6,18H,1-2H3,(H3,14,15,16). The molecule has 0 aliphatic carbocycles. The molecule has 0 saturated carbocycles. The highest BCUT2D eigenvalue weighted by atomic mass is 16.3. The molecule has 18 heavy (non-hydrogen) atoms. The summed E-state index contributed by atoms with van der Waals surface area (Å²) in [5.74, 6) is 0.735. The van der Waals surface area contributed by atoms with Gasteiger partial charge in [0, 0.05) is 29.8 Å². The number of aromatic hydroxyl groups is 1. The Morgan fingerprint density at radius 1 is 1.39 bits per heavy atom. The lowest BCUT2D eigenvalue weighted by Crippen LogP contribution is -1.90. The van der Waals surface area contributed by atoms with Gasteiger partial charge in [0.15, 0.2) is 0 Å². The number of rotatable bonds is 1. The van der Waals surface area contributed by atoms with Crippen molar-refractivity contribution in [3.63, 3.8) is 0 Å². The lowest BCUT2D eigenvalue weighted by molar-refractivity contribution is 0.478. The highest BCUT2D eigenvalue weighted by Crippen LogP contribution is 2.37. The molecule has 0 spiro atoms. The van der Waals surface area contributed by atoms with Crippen LogP contribution in [0, 0.1) is 6.92 Å². The van der Waals surface area contributed by atoms with Gasteiger partial charge in [0.1, 0.15) is 11.6 Å². The number of fused-ring (bicyclic) bond motifs is 1. The molecule has 0 amide bonds. The van der Waals surface area contributed by atoms with Gasteiger partial charge in [-0.25, -0.2) is 0 Å². The van der Waals surface area contributed by atoms with Gasteiger partial charge >= 0.3 is 0 Å². The van der Waals surface area contributed by atoms with Crippen LogP contribution in [0.3, 0.4) is 0 Å². The summed E-state index contributed by atoms with van der Waals surface area (Å²) in [4.78, 5) is 0. The number of nitrogen functional groups attached to an aromatic ring is 1.